The van der Waals surface area contributed by atoms with E-state index >= 15 is 0 Å². The lowest BCUT2D eigenvalue weighted by Crippen LogP contribution is -2.46. The zero-order valence-electron chi connectivity index (χ0n) is 11.8. The van der Waals surface area contributed by atoms with Crippen LogP contribution in [0.25, 0.3) is 0 Å². The van der Waals surface area contributed by atoms with Gasteiger partial charge in [0.1, 0.15) is 0 Å². The minimum atomic E-state index is -3.51. The van der Waals surface area contributed by atoms with Gasteiger partial charge in [0, 0.05) is 19.6 Å². The van der Waals surface area contributed by atoms with E-state index in [0.717, 1.165) is 32.4 Å². The van der Waals surface area contributed by atoms with Crippen molar-refractivity contribution in [2.75, 3.05) is 19.6 Å². The van der Waals surface area contributed by atoms with Gasteiger partial charge in [0.05, 0.1) is 6.20 Å². The van der Waals surface area contributed by atoms with Crippen molar-refractivity contribution in [3.8, 4) is 0 Å². The molecule has 0 aliphatic carbocycles. The molecule has 0 saturated carbocycles. The maximum Gasteiger partial charge on any atom is 0.262 e. The highest BCUT2D eigenvalue weighted by Crippen LogP contribution is 2.21. The van der Waals surface area contributed by atoms with Crippen molar-refractivity contribution in [1.82, 2.24) is 24.6 Å². The first-order valence-corrected chi connectivity index (χ1v) is 8.08. The fourth-order valence-electron chi connectivity index (χ4n) is 2.45. The highest BCUT2D eigenvalue weighted by molar-refractivity contribution is 7.89. The molecule has 0 spiro atoms. The molecule has 0 bridgehead atoms. The Bertz CT molecular complexity index is 513. The van der Waals surface area contributed by atoms with Crippen LogP contribution in [0, 0.1) is 0 Å². The van der Waals surface area contributed by atoms with Crippen LogP contribution in [0.2, 0.25) is 0 Å². The van der Waals surface area contributed by atoms with Crippen molar-refractivity contribution in [2.24, 2.45) is 7.05 Å². The summed E-state index contributed by atoms with van der Waals surface area (Å²) in [5.41, 5.74) is 0. The monoisotopic (exact) mass is 323 g/mol. The summed E-state index contributed by atoms with van der Waals surface area (Å²) >= 11 is 0. The Balaban J connectivity index is 0.00000200. The van der Waals surface area contributed by atoms with Crippen LogP contribution < -0.4 is 5.32 Å². The summed E-state index contributed by atoms with van der Waals surface area (Å²) in [5.74, 6) is 0. The van der Waals surface area contributed by atoms with Crippen molar-refractivity contribution < 1.29 is 8.42 Å². The molecule has 20 heavy (non-hydrogen) atoms. The molecule has 1 aromatic rings. The van der Waals surface area contributed by atoms with E-state index in [1.165, 1.54) is 10.9 Å². The van der Waals surface area contributed by atoms with E-state index in [0.29, 0.717) is 6.54 Å². The van der Waals surface area contributed by atoms with E-state index < -0.39 is 10.0 Å². The molecule has 1 aliphatic heterocycles. The van der Waals surface area contributed by atoms with Crippen LogP contribution in [0.4, 0.5) is 0 Å². The topological polar surface area (TPSA) is 80.1 Å². The molecule has 1 N–H and O–H groups in total. The first kappa shape index (κ1) is 17.4. The molecule has 0 radical (unpaired) electrons. The minimum absolute atomic E-state index is 0. The van der Waals surface area contributed by atoms with Crippen LogP contribution in [0.5, 0.6) is 0 Å². The summed E-state index contributed by atoms with van der Waals surface area (Å²) < 4.78 is 28.4. The van der Waals surface area contributed by atoms with Gasteiger partial charge in [-0.2, -0.15) is 4.31 Å². The average molecular weight is 324 g/mol. The van der Waals surface area contributed by atoms with E-state index in [-0.39, 0.29) is 23.5 Å². The number of sulfonamides is 1. The van der Waals surface area contributed by atoms with Gasteiger partial charge in [-0.05, 0) is 32.4 Å². The molecule has 1 fully saturated rings. The van der Waals surface area contributed by atoms with Gasteiger partial charge in [0.15, 0.2) is 5.03 Å². The number of nitrogens with one attached hydrogen (secondary N) is 1. The number of halogens is 1. The lowest BCUT2D eigenvalue weighted by atomic mass is 10.1. The molecule has 2 rings (SSSR count). The molecule has 7 nitrogen and oxygen atoms in total. The number of hydrogen-bond acceptors (Lipinski definition) is 5. The summed E-state index contributed by atoms with van der Waals surface area (Å²) in [6.07, 6.45) is 3.82. The smallest absolute Gasteiger partial charge is 0.262 e. The first-order valence-electron chi connectivity index (χ1n) is 6.64. The van der Waals surface area contributed by atoms with E-state index in [1.807, 2.05) is 6.92 Å². The quantitative estimate of drug-likeness (QED) is 0.848. The lowest BCUT2D eigenvalue weighted by Gasteiger charge is -2.33. The van der Waals surface area contributed by atoms with Crippen molar-refractivity contribution in [3.05, 3.63) is 6.20 Å². The molecule has 0 unspecified atom stereocenters. The van der Waals surface area contributed by atoms with E-state index in [1.54, 1.807) is 11.4 Å². The number of aromatic nitrogens is 3. The third kappa shape index (κ3) is 3.49. The van der Waals surface area contributed by atoms with Crippen molar-refractivity contribution in [1.29, 1.82) is 0 Å². The third-order valence-corrected chi connectivity index (χ3v) is 5.40. The first-order chi connectivity index (χ1) is 9.07. The highest BCUT2D eigenvalue weighted by Gasteiger charge is 2.33. The SMILES string of the molecule is CCCN(C1CCNCC1)S(=O)(=O)c1cnnn1C.Cl. The van der Waals surface area contributed by atoms with Gasteiger partial charge >= 0.3 is 0 Å². The lowest BCUT2D eigenvalue weighted by molar-refractivity contribution is 0.261. The highest BCUT2D eigenvalue weighted by atomic mass is 35.5. The average Bonchev–Trinajstić information content (AvgIpc) is 2.84. The summed E-state index contributed by atoms with van der Waals surface area (Å²) in [6.45, 7) is 4.26. The fraction of sp³-hybridized carbons (Fsp3) is 0.818. The Morgan fingerprint density at radius 3 is 2.60 bits per heavy atom. The molecule has 0 atom stereocenters. The molecule has 0 aromatic carbocycles. The zero-order chi connectivity index (χ0) is 13.9. The second-order valence-electron chi connectivity index (χ2n) is 4.79. The van der Waals surface area contributed by atoms with Crippen LogP contribution >= 0.6 is 12.4 Å². The summed E-state index contributed by atoms with van der Waals surface area (Å²) in [7, 11) is -1.90. The van der Waals surface area contributed by atoms with Gasteiger partial charge in [-0.15, -0.1) is 17.5 Å². The Labute approximate surface area is 126 Å². The summed E-state index contributed by atoms with van der Waals surface area (Å²) in [6, 6.07) is 0.0705. The standard InChI is InChI=1S/C11H21N5O2S.ClH/c1-3-8-16(10-4-6-12-7-5-10)19(17,18)11-9-13-14-15(11)2;/h9-10,12H,3-8H2,1-2H3;1H. The normalized spacial score (nSPS) is 17.1. The number of hydrogen-bond donors (Lipinski definition) is 1. The Hall–Kier alpha value is -0.700. The van der Waals surface area contributed by atoms with Crippen molar-refractivity contribution in [2.45, 2.75) is 37.3 Å². The maximum absolute atomic E-state index is 12.7. The zero-order valence-corrected chi connectivity index (χ0v) is 13.5. The Morgan fingerprint density at radius 1 is 1.45 bits per heavy atom. The molecular weight excluding hydrogens is 302 g/mol. The number of rotatable bonds is 5. The van der Waals surface area contributed by atoms with Gasteiger partial charge in [-0.25, -0.2) is 13.1 Å². The molecule has 116 valence electrons. The predicted molar refractivity (Wildman–Crippen MR) is 78.3 cm³/mol. The van der Waals surface area contributed by atoms with Gasteiger partial charge in [-0.3, -0.25) is 0 Å². The van der Waals surface area contributed by atoms with Gasteiger partial charge in [0.2, 0.25) is 0 Å². The van der Waals surface area contributed by atoms with Crippen molar-refractivity contribution in [3.63, 3.8) is 0 Å². The largest absolute Gasteiger partial charge is 0.317 e. The van der Waals surface area contributed by atoms with Crippen LogP contribution in [0.3, 0.4) is 0 Å². The molecule has 1 aromatic heterocycles. The third-order valence-electron chi connectivity index (χ3n) is 3.41. The van der Waals surface area contributed by atoms with E-state index in [4.69, 9.17) is 0 Å². The van der Waals surface area contributed by atoms with E-state index in [2.05, 4.69) is 15.6 Å². The molecule has 1 saturated heterocycles. The molecule has 0 amide bonds. The predicted octanol–water partition coefficient (Wildman–Crippen LogP) is 0.390. The van der Waals surface area contributed by atoms with Crippen molar-refractivity contribution >= 4 is 22.4 Å². The van der Waals surface area contributed by atoms with Gasteiger partial charge in [-0.1, -0.05) is 12.1 Å². The molecule has 2 heterocycles. The van der Waals surface area contributed by atoms with Crippen LogP contribution in [0.15, 0.2) is 11.2 Å². The molecule has 9 heteroatoms. The van der Waals surface area contributed by atoms with Gasteiger partial charge in [0.25, 0.3) is 10.0 Å². The van der Waals surface area contributed by atoms with Crippen LogP contribution in [-0.4, -0.2) is 53.4 Å². The second-order valence-corrected chi connectivity index (χ2v) is 6.63. The van der Waals surface area contributed by atoms with Crippen LogP contribution in [-0.2, 0) is 17.1 Å². The maximum atomic E-state index is 12.7. The minimum Gasteiger partial charge on any atom is -0.317 e. The Kier molecular flexibility index (Phi) is 6.38. The summed E-state index contributed by atoms with van der Waals surface area (Å²) in [5, 5.41) is 10.8. The van der Waals surface area contributed by atoms with Gasteiger partial charge < -0.3 is 5.32 Å². The fourth-order valence-corrected chi connectivity index (χ4v) is 4.27. The number of nitrogens with zero attached hydrogens (tertiary/aromatic N) is 4. The number of piperidine rings is 1. The van der Waals surface area contributed by atoms with Crippen LogP contribution in [0.1, 0.15) is 26.2 Å². The number of aryl methyl sites for hydroxylation is 1. The molecular formula is C11H22ClN5O2S. The summed E-state index contributed by atoms with van der Waals surface area (Å²) in [4.78, 5) is 0. The molecule has 1 aliphatic rings. The second kappa shape index (κ2) is 7.35. The Morgan fingerprint density at radius 2 is 2.10 bits per heavy atom. The van der Waals surface area contributed by atoms with E-state index in [9.17, 15) is 8.42 Å².